The molecule has 0 aliphatic carbocycles. The zero-order chi connectivity index (χ0) is 8.23. The third-order valence-electron chi connectivity index (χ3n) is 1.53. The van der Waals surface area contributed by atoms with E-state index in [1.54, 1.807) is 4.68 Å². The van der Waals surface area contributed by atoms with E-state index in [9.17, 15) is 0 Å². The first-order chi connectivity index (χ1) is 5.95. The Balaban J connectivity index is 0.000000845. The van der Waals surface area contributed by atoms with Crippen LogP contribution in [0.4, 0.5) is 0 Å². The van der Waals surface area contributed by atoms with E-state index in [0.717, 1.165) is 0 Å². The first kappa shape index (κ1) is 13.5. The van der Waals surface area contributed by atoms with Crippen LogP contribution in [-0.4, -0.2) is 43.3 Å². The Hall–Kier alpha value is -0.464. The largest absolute Gasteiger partial charge is 2.00 e. The van der Waals surface area contributed by atoms with Crippen molar-refractivity contribution < 1.29 is 17.0 Å². The average Bonchev–Trinajstić information content (AvgIpc) is 2.59. The molecule has 0 radical (unpaired) electrons. The molecule has 14 heavy (non-hydrogen) atoms. The Morgan fingerprint density at radius 1 is 1.21 bits per heavy atom. The second-order valence-corrected chi connectivity index (χ2v) is 2.42. The summed E-state index contributed by atoms with van der Waals surface area (Å²) in [6.07, 6.45) is 2.63. The summed E-state index contributed by atoms with van der Waals surface area (Å²) in [5.41, 5.74) is 1.17. The molecule has 68 valence electrons. The van der Waals surface area contributed by atoms with Gasteiger partial charge in [-0.3, -0.25) is 0 Å². The Morgan fingerprint density at radius 3 is 2.50 bits per heavy atom. The number of halogens is 1. The molecule has 0 aliphatic heterocycles. The summed E-state index contributed by atoms with van der Waals surface area (Å²) in [5.74, 6) is 0. The molecule has 0 amide bonds. The van der Waals surface area contributed by atoms with Crippen molar-refractivity contribution in [1.29, 1.82) is 0 Å². The summed E-state index contributed by atoms with van der Waals surface area (Å²) in [6.45, 7) is 0.674. The van der Waals surface area contributed by atoms with E-state index in [-0.39, 0.29) is 40.0 Å². The van der Waals surface area contributed by atoms with E-state index in [2.05, 4.69) is 21.9 Å². The van der Waals surface area contributed by atoms with Crippen LogP contribution in [0.2, 0.25) is 0 Å². The third-order valence-corrected chi connectivity index (χ3v) is 1.53. The maximum atomic E-state index is 3.71. The number of hydrogen-bond donors (Lipinski definition) is 0. The van der Waals surface area contributed by atoms with Crippen LogP contribution < -0.4 is 17.0 Å². The van der Waals surface area contributed by atoms with Gasteiger partial charge in [0.2, 0.25) is 0 Å². The van der Waals surface area contributed by atoms with E-state index < -0.39 is 0 Å². The van der Waals surface area contributed by atoms with Gasteiger partial charge < -0.3 is 26.8 Å². The van der Waals surface area contributed by atoms with Crippen LogP contribution in [0.25, 0.3) is 0 Å². The van der Waals surface area contributed by atoms with Crippen molar-refractivity contribution in [3.8, 4) is 0 Å². The predicted octanol–water partition coefficient (Wildman–Crippen LogP) is -2.86. The zero-order valence-electron chi connectivity index (χ0n) is 7.47. The van der Waals surface area contributed by atoms with Gasteiger partial charge in [0.1, 0.15) is 0 Å². The predicted molar refractivity (Wildman–Crippen MR) is 48.0 cm³/mol. The van der Waals surface area contributed by atoms with Crippen molar-refractivity contribution in [3.63, 3.8) is 0 Å². The molecule has 0 unspecified atom stereocenters. The number of benzene rings is 1. The molecule has 0 atom stereocenters. The summed E-state index contributed by atoms with van der Waals surface area (Å²) < 4.78 is 1.56. The van der Waals surface area contributed by atoms with Gasteiger partial charge in [-0.25, -0.2) is 6.33 Å². The average molecular weight is 263 g/mol. The maximum absolute atomic E-state index is 3.71. The van der Waals surface area contributed by atoms with Gasteiger partial charge in [0.05, 0.1) is 0 Å². The molecule has 4 nitrogen and oxygen atoms in total. The summed E-state index contributed by atoms with van der Waals surface area (Å²) in [6, 6.07) is 10.00. The topological polar surface area (TPSA) is 43.6 Å². The number of nitrogens with zero attached hydrogens (tertiary/aromatic N) is 4. The fraction of sp³-hybridized carbons (Fsp3) is 0.125. The number of aromatic nitrogens is 4. The van der Waals surface area contributed by atoms with Crippen molar-refractivity contribution in [2.24, 2.45) is 0 Å². The van der Waals surface area contributed by atoms with Crippen molar-refractivity contribution in [2.75, 3.05) is 0 Å². The molecule has 1 aromatic heterocycles. The molecule has 0 saturated carbocycles. The van der Waals surface area contributed by atoms with Crippen molar-refractivity contribution in [2.45, 2.75) is 6.54 Å². The molecule has 2 aromatic rings. The molecule has 0 saturated heterocycles. The van der Waals surface area contributed by atoms with E-state index in [4.69, 9.17) is 0 Å². The van der Waals surface area contributed by atoms with Gasteiger partial charge in [0.15, 0.2) is 0 Å². The Kier molecular flexibility index (Phi) is 6.68. The minimum Gasteiger partial charge on any atom is -1.00 e. The normalized spacial score (nSPS) is 8.57. The molecule has 1 heterocycles. The fourth-order valence-corrected chi connectivity index (χ4v) is 0.983. The molecule has 0 N–H and O–H groups in total. The monoisotopic (exact) mass is 262 g/mol. The second kappa shape index (κ2) is 6.91. The third kappa shape index (κ3) is 3.73. The molecule has 0 bridgehead atoms. The van der Waals surface area contributed by atoms with E-state index in [1.165, 1.54) is 5.56 Å². The minimum absolute atomic E-state index is 0. The summed E-state index contributed by atoms with van der Waals surface area (Å²) in [4.78, 5) is 0. The Morgan fingerprint density at radius 2 is 1.93 bits per heavy atom. The van der Waals surface area contributed by atoms with Crippen LogP contribution >= 0.6 is 0 Å². The van der Waals surface area contributed by atoms with Crippen molar-refractivity contribution in [3.05, 3.63) is 42.2 Å². The number of tetrazole rings is 1. The molecule has 6 heteroatoms. The Labute approximate surface area is 109 Å². The molecule has 0 fully saturated rings. The van der Waals surface area contributed by atoms with Gasteiger partial charge in [-0.1, -0.05) is 40.8 Å². The molecular weight excluding hydrogens is 256 g/mol. The summed E-state index contributed by atoms with van der Waals surface area (Å²) in [7, 11) is 0. The molecule has 0 aliphatic rings. The van der Waals surface area contributed by atoms with E-state index in [1.807, 2.05) is 30.3 Å². The van der Waals surface area contributed by atoms with Crippen molar-refractivity contribution in [1.82, 2.24) is 20.2 Å². The quantitative estimate of drug-likeness (QED) is 0.433. The van der Waals surface area contributed by atoms with Gasteiger partial charge in [-0.15, -0.1) is 0 Å². The molecular formula is C8H7BrMgN4. The van der Waals surface area contributed by atoms with Gasteiger partial charge in [0, 0.05) is 6.54 Å². The van der Waals surface area contributed by atoms with Crippen LogP contribution in [0.5, 0.6) is 0 Å². The first-order valence-electron chi connectivity index (χ1n) is 3.63. The number of rotatable bonds is 2. The number of hydrogen-bond acceptors (Lipinski definition) is 3. The molecule has 2 rings (SSSR count). The summed E-state index contributed by atoms with van der Waals surface area (Å²) >= 11 is 0. The summed E-state index contributed by atoms with van der Waals surface area (Å²) in [5, 5.41) is 10.6. The van der Waals surface area contributed by atoms with Gasteiger partial charge in [0.25, 0.3) is 0 Å². The van der Waals surface area contributed by atoms with Crippen LogP contribution in [-0.2, 0) is 6.54 Å². The van der Waals surface area contributed by atoms with Gasteiger partial charge >= 0.3 is 23.1 Å². The first-order valence-corrected chi connectivity index (χ1v) is 3.63. The van der Waals surface area contributed by atoms with Crippen LogP contribution in [0.3, 0.4) is 0 Å². The minimum atomic E-state index is 0. The van der Waals surface area contributed by atoms with E-state index in [0.29, 0.717) is 6.54 Å². The fourth-order valence-electron chi connectivity index (χ4n) is 0.983. The van der Waals surface area contributed by atoms with Gasteiger partial charge in [-0.2, -0.15) is 0 Å². The zero-order valence-corrected chi connectivity index (χ0v) is 10.5. The SMILES string of the molecule is [Br-].[Mg+2].[c-]1nnnn1Cc1ccccc1. The molecule has 1 aromatic carbocycles. The molecule has 0 spiro atoms. The smallest absolute Gasteiger partial charge is 1.00 e. The van der Waals surface area contributed by atoms with Crippen molar-refractivity contribution >= 4 is 23.1 Å². The van der Waals surface area contributed by atoms with Crippen LogP contribution in [0, 0.1) is 6.33 Å². The second-order valence-electron chi connectivity index (χ2n) is 2.42. The van der Waals surface area contributed by atoms with Gasteiger partial charge in [-0.05, 0) is 5.56 Å². The Bertz CT molecular complexity index is 338. The van der Waals surface area contributed by atoms with Crippen LogP contribution in [0.15, 0.2) is 30.3 Å². The van der Waals surface area contributed by atoms with Crippen LogP contribution in [0.1, 0.15) is 5.56 Å². The standard InChI is InChI=1S/C8H7N4.BrH.Mg/c1-2-4-8(5-3-1)6-12-7-9-10-11-12;;/h1-5H,6H2;1H;/q-1;;+2/p-1. The van der Waals surface area contributed by atoms with E-state index >= 15 is 0 Å². The maximum Gasteiger partial charge on any atom is 2.00 e.